The van der Waals surface area contributed by atoms with E-state index in [0.717, 1.165) is 15.9 Å². The van der Waals surface area contributed by atoms with Gasteiger partial charge >= 0.3 is 193 Å². The summed E-state index contributed by atoms with van der Waals surface area (Å²) in [5, 5.41) is 15.5. The number of methoxy groups -OCH3 is 1. The molecule has 0 aliphatic heterocycles. The molecule has 0 spiro atoms. The van der Waals surface area contributed by atoms with Crippen LogP contribution in [0, 0.1) is 10.1 Å². The van der Waals surface area contributed by atoms with E-state index in [4.69, 9.17) is 4.74 Å². The molecule has 0 saturated carbocycles. The average molecular weight is 457 g/mol. The number of nitro groups is 1. The first-order valence-electron chi connectivity index (χ1n) is 10.6. The van der Waals surface area contributed by atoms with Crippen molar-refractivity contribution in [3.63, 3.8) is 0 Å². The Hall–Kier alpha value is -3.82. The Labute approximate surface area is 193 Å². The van der Waals surface area contributed by atoms with Crippen molar-refractivity contribution in [3.8, 4) is 0 Å². The molecule has 0 heterocycles. The molecule has 0 atom stereocenters. The molecular formula is C27H24NO4P. The summed E-state index contributed by atoms with van der Waals surface area (Å²) in [6.45, 7) is 0. The molecule has 0 aliphatic carbocycles. The summed E-state index contributed by atoms with van der Waals surface area (Å²) in [6, 6.07) is 35.3. The molecule has 6 heteroatoms. The van der Waals surface area contributed by atoms with Crippen LogP contribution < -0.4 is 15.9 Å². The van der Waals surface area contributed by atoms with Gasteiger partial charge in [-0.1, -0.05) is 0 Å². The Morgan fingerprint density at radius 2 is 1.24 bits per heavy atom. The molecule has 0 aromatic heterocycles. The Morgan fingerprint density at radius 3 is 1.64 bits per heavy atom. The predicted molar refractivity (Wildman–Crippen MR) is 135 cm³/mol. The minimum atomic E-state index is -2.72. The van der Waals surface area contributed by atoms with Gasteiger partial charge in [0.25, 0.3) is 0 Å². The average Bonchev–Trinajstić information content (AvgIpc) is 2.88. The molecule has 0 N–H and O–H groups in total. The summed E-state index contributed by atoms with van der Waals surface area (Å²) in [4.78, 5) is 23.6. The zero-order chi connectivity index (χ0) is 23.3. The topological polar surface area (TPSA) is 69.4 Å². The van der Waals surface area contributed by atoms with E-state index >= 15 is 0 Å². The van der Waals surface area contributed by atoms with Crippen molar-refractivity contribution in [3.05, 3.63) is 130 Å². The Bertz CT molecular complexity index is 1160. The van der Waals surface area contributed by atoms with E-state index in [1.807, 2.05) is 54.6 Å². The van der Waals surface area contributed by atoms with Crippen molar-refractivity contribution >= 4 is 34.8 Å². The quantitative estimate of drug-likeness (QED) is 0.176. The second-order valence-electron chi connectivity index (χ2n) is 7.77. The first-order valence-corrected chi connectivity index (χ1v) is 12.8. The second kappa shape index (κ2) is 9.76. The van der Waals surface area contributed by atoms with Gasteiger partial charge in [-0.3, -0.25) is 0 Å². The van der Waals surface area contributed by atoms with Gasteiger partial charge in [-0.2, -0.15) is 0 Å². The summed E-state index contributed by atoms with van der Waals surface area (Å²) in [6.07, 6.45) is 0.475. The first kappa shape index (κ1) is 22.4. The van der Waals surface area contributed by atoms with E-state index in [9.17, 15) is 14.9 Å². The molecular weight excluding hydrogens is 433 g/mol. The molecule has 0 saturated heterocycles. The van der Waals surface area contributed by atoms with Gasteiger partial charge < -0.3 is 0 Å². The third kappa shape index (κ3) is 4.41. The predicted octanol–water partition coefficient (Wildman–Crippen LogP) is 4.61. The van der Waals surface area contributed by atoms with E-state index in [0.29, 0.717) is 11.7 Å². The first-order chi connectivity index (χ1) is 16.1. The van der Waals surface area contributed by atoms with Gasteiger partial charge in [0.2, 0.25) is 0 Å². The number of carbonyl (C=O) groups is 1. The SMILES string of the molecule is COC(=O)c1ccc(C[PH](c2ccccc2)(c2ccccc2)c2ccccc2)c([N+](=O)[O-])c1. The zero-order valence-corrected chi connectivity index (χ0v) is 19.2. The standard InChI is InChI=1S/C27H24NO4P/c1-32-27(29)21-17-18-22(26(19-21)28(30)31)20-33(23-11-5-2-6-12-23,24-13-7-3-8-14-24)25-15-9-4-10-16-25/h2-19,33H,20H2,1H3. The van der Waals surface area contributed by atoms with Gasteiger partial charge in [0.05, 0.1) is 0 Å². The monoisotopic (exact) mass is 457 g/mol. The van der Waals surface area contributed by atoms with Gasteiger partial charge in [0, 0.05) is 0 Å². The van der Waals surface area contributed by atoms with Crippen LogP contribution in [0.5, 0.6) is 0 Å². The number of nitro benzene ring substituents is 1. The van der Waals surface area contributed by atoms with Gasteiger partial charge in [-0.25, -0.2) is 0 Å². The molecule has 0 radical (unpaired) electrons. The zero-order valence-electron chi connectivity index (χ0n) is 18.2. The van der Waals surface area contributed by atoms with Crippen LogP contribution in [0.25, 0.3) is 0 Å². The number of hydrogen-bond donors (Lipinski definition) is 0. The molecule has 33 heavy (non-hydrogen) atoms. The van der Waals surface area contributed by atoms with E-state index in [2.05, 4.69) is 36.4 Å². The number of nitrogens with zero attached hydrogens (tertiary/aromatic N) is 1. The van der Waals surface area contributed by atoms with Gasteiger partial charge in [0.15, 0.2) is 0 Å². The Kier molecular flexibility index (Phi) is 6.62. The van der Waals surface area contributed by atoms with E-state index in [-0.39, 0.29) is 11.3 Å². The summed E-state index contributed by atoms with van der Waals surface area (Å²) in [5.74, 6) is -0.595. The number of hydrogen-bond acceptors (Lipinski definition) is 4. The summed E-state index contributed by atoms with van der Waals surface area (Å²) >= 11 is 0. The van der Waals surface area contributed by atoms with Crippen LogP contribution in [0.3, 0.4) is 0 Å². The fourth-order valence-corrected chi connectivity index (χ4v) is 9.16. The van der Waals surface area contributed by atoms with Crippen molar-refractivity contribution in [2.24, 2.45) is 0 Å². The molecule has 0 amide bonds. The van der Waals surface area contributed by atoms with Crippen LogP contribution >= 0.6 is 7.26 Å². The number of benzene rings is 4. The second-order valence-corrected chi connectivity index (χ2v) is 11.7. The van der Waals surface area contributed by atoms with Crippen molar-refractivity contribution in [1.29, 1.82) is 0 Å². The Morgan fingerprint density at radius 1 is 0.788 bits per heavy atom. The molecule has 166 valence electrons. The van der Waals surface area contributed by atoms with E-state index < -0.39 is 18.2 Å². The molecule has 4 rings (SSSR count). The molecule has 0 unspecified atom stereocenters. The minimum absolute atomic E-state index is 0.0717. The molecule has 0 aliphatic rings. The fraction of sp³-hybridized carbons (Fsp3) is 0.0741. The fourth-order valence-electron chi connectivity index (χ4n) is 4.39. The van der Waals surface area contributed by atoms with Crippen LogP contribution in [0.1, 0.15) is 15.9 Å². The molecule has 4 aromatic carbocycles. The normalized spacial score (nSPS) is 11.5. The number of ether oxygens (including phenoxy) is 1. The summed E-state index contributed by atoms with van der Waals surface area (Å²) in [7, 11) is -1.45. The maximum absolute atomic E-state index is 12.0. The van der Waals surface area contributed by atoms with Crippen LogP contribution in [0.4, 0.5) is 5.69 Å². The maximum atomic E-state index is 12.0. The molecule has 5 nitrogen and oxygen atoms in total. The third-order valence-electron chi connectivity index (χ3n) is 5.96. The molecule has 4 aromatic rings. The number of carbonyl (C=O) groups excluding carboxylic acids is 1. The van der Waals surface area contributed by atoms with Gasteiger partial charge in [-0.05, 0) is 0 Å². The van der Waals surface area contributed by atoms with Crippen LogP contribution in [-0.4, -0.2) is 18.0 Å². The molecule has 0 fully saturated rings. The van der Waals surface area contributed by atoms with Crippen molar-refractivity contribution in [2.45, 2.75) is 6.16 Å². The van der Waals surface area contributed by atoms with E-state index in [1.165, 1.54) is 13.2 Å². The third-order valence-corrected chi connectivity index (χ3v) is 10.8. The number of rotatable bonds is 7. The van der Waals surface area contributed by atoms with Crippen molar-refractivity contribution < 1.29 is 14.5 Å². The summed E-state index contributed by atoms with van der Waals surface area (Å²) < 4.78 is 4.77. The van der Waals surface area contributed by atoms with Gasteiger partial charge in [0.1, 0.15) is 0 Å². The summed E-state index contributed by atoms with van der Waals surface area (Å²) in [5.41, 5.74) is 0.688. The number of esters is 1. The molecule has 0 bridgehead atoms. The van der Waals surface area contributed by atoms with E-state index in [1.54, 1.807) is 12.1 Å². The van der Waals surface area contributed by atoms with Crippen LogP contribution in [0.2, 0.25) is 0 Å². The van der Waals surface area contributed by atoms with Crippen molar-refractivity contribution in [2.75, 3.05) is 7.11 Å². The van der Waals surface area contributed by atoms with Crippen molar-refractivity contribution in [1.82, 2.24) is 0 Å². The van der Waals surface area contributed by atoms with Crippen LogP contribution in [0.15, 0.2) is 109 Å². The Balaban J connectivity index is 1.99. The van der Waals surface area contributed by atoms with Gasteiger partial charge in [-0.15, -0.1) is 0 Å². The van der Waals surface area contributed by atoms with Crippen LogP contribution in [-0.2, 0) is 10.9 Å².